The molecule has 2 rings (SSSR count). The van der Waals surface area contributed by atoms with E-state index < -0.39 is 27.9 Å². The van der Waals surface area contributed by atoms with Gasteiger partial charge in [-0.15, -0.1) is 0 Å². The molecule has 0 aromatic heterocycles. The van der Waals surface area contributed by atoms with Crippen LogP contribution in [0.25, 0.3) is 0 Å². The molecule has 1 aliphatic heterocycles. The molecule has 1 saturated heterocycles. The number of carbonyl (C=O) groups is 1. The van der Waals surface area contributed by atoms with Crippen molar-refractivity contribution in [3.63, 3.8) is 0 Å². The number of hydrogen-bond acceptors (Lipinski definition) is 5. The van der Waals surface area contributed by atoms with Crippen molar-refractivity contribution in [3.8, 4) is 0 Å². The molecule has 2 atom stereocenters. The predicted molar refractivity (Wildman–Crippen MR) is 86.2 cm³/mol. The van der Waals surface area contributed by atoms with E-state index in [9.17, 15) is 17.6 Å². The molecule has 1 aromatic carbocycles. The molecule has 0 bridgehead atoms. The molecule has 134 valence electrons. The van der Waals surface area contributed by atoms with Crippen molar-refractivity contribution in [1.29, 1.82) is 0 Å². The van der Waals surface area contributed by atoms with Gasteiger partial charge in [0, 0.05) is 26.2 Å². The van der Waals surface area contributed by atoms with Gasteiger partial charge in [-0.3, -0.25) is 4.79 Å². The molecule has 1 amide bonds. The van der Waals surface area contributed by atoms with Gasteiger partial charge in [-0.05, 0) is 31.0 Å². The normalized spacial score (nSPS) is 20.0. The van der Waals surface area contributed by atoms with E-state index in [1.807, 2.05) is 0 Å². The highest BCUT2D eigenvalue weighted by atomic mass is 32.2. The van der Waals surface area contributed by atoms with E-state index in [0.29, 0.717) is 19.4 Å². The zero-order valence-corrected chi connectivity index (χ0v) is 14.3. The zero-order valence-electron chi connectivity index (χ0n) is 13.4. The summed E-state index contributed by atoms with van der Waals surface area (Å²) in [6.45, 7) is 0.855. The number of hydrogen-bond donors (Lipinski definition) is 2. The van der Waals surface area contributed by atoms with E-state index in [1.54, 1.807) is 0 Å². The minimum Gasteiger partial charge on any atom is -0.383 e. The molecule has 24 heavy (non-hydrogen) atoms. The molecule has 0 radical (unpaired) electrons. The Balaban J connectivity index is 2.03. The van der Waals surface area contributed by atoms with E-state index in [2.05, 4.69) is 4.72 Å². The van der Waals surface area contributed by atoms with E-state index in [-0.39, 0.29) is 24.0 Å². The molecule has 1 aromatic rings. The number of rotatable bonds is 6. The number of piperidine rings is 1. The number of halogens is 1. The fourth-order valence-corrected chi connectivity index (χ4v) is 3.97. The predicted octanol–water partition coefficient (Wildman–Crippen LogP) is 0.0687. The molecule has 2 unspecified atom stereocenters. The van der Waals surface area contributed by atoms with Crippen molar-refractivity contribution in [2.24, 2.45) is 5.73 Å². The molecule has 0 saturated carbocycles. The number of benzene rings is 1. The third-order valence-electron chi connectivity index (χ3n) is 3.82. The summed E-state index contributed by atoms with van der Waals surface area (Å²) in [5.74, 6) is -0.893. The van der Waals surface area contributed by atoms with Crippen LogP contribution >= 0.6 is 0 Å². The Labute approximate surface area is 141 Å². The standard InChI is InChI=1S/C15H22FN3O4S/c1-23-10-14(17)15(20)19-7-3-5-12(9-19)18-24(21,22)13-6-2-4-11(16)8-13/h2,4,6,8,12,14,18H,3,5,7,9-10,17H2,1H3. The van der Waals surface area contributed by atoms with Gasteiger partial charge >= 0.3 is 0 Å². The molecule has 9 heteroatoms. The largest absolute Gasteiger partial charge is 0.383 e. The van der Waals surface area contributed by atoms with Crippen molar-refractivity contribution in [2.75, 3.05) is 26.8 Å². The van der Waals surface area contributed by atoms with Crippen molar-refractivity contribution < 1.29 is 22.3 Å². The first-order chi connectivity index (χ1) is 11.3. The number of nitrogens with two attached hydrogens (primary N) is 1. The van der Waals surface area contributed by atoms with Crippen molar-refractivity contribution in [2.45, 2.75) is 29.8 Å². The maximum atomic E-state index is 13.2. The lowest BCUT2D eigenvalue weighted by Gasteiger charge is -2.34. The monoisotopic (exact) mass is 359 g/mol. The van der Waals surface area contributed by atoms with Gasteiger partial charge in [-0.25, -0.2) is 17.5 Å². The van der Waals surface area contributed by atoms with Crippen LogP contribution < -0.4 is 10.5 Å². The van der Waals surface area contributed by atoms with Crippen LogP contribution in [0.4, 0.5) is 4.39 Å². The Hall–Kier alpha value is -1.55. The van der Waals surface area contributed by atoms with Crippen LogP contribution in [-0.4, -0.2) is 58.1 Å². The van der Waals surface area contributed by atoms with Gasteiger partial charge in [0.1, 0.15) is 11.9 Å². The number of amides is 1. The van der Waals surface area contributed by atoms with Crippen LogP contribution in [0.2, 0.25) is 0 Å². The number of nitrogens with zero attached hydrogens (tertiary/aromatic N) is 1. The highest BCUT2D eigenvalue weighted by Crippen LogP contribution is 2.16. The topological polar surface area (TPSA) is 102 Å². The first-order valence-corrected chi connectivity index (χ1v) is 9.13. The third-order valence-corrected chi connectivity index (χ3v) is 5.34. The minimum absolute atomic E-state index is 0.106. The summed E-state index contributed by atoms with van der Waals surface area (Å²) in [4.78, 5) is 13.6. The van der Waals surface area contributed by atoms with Gasteiger partial charge < -0.3 is 15.4 Å². The van der Waals surface area contributed by atoms with Crippen LogP contribution in [0.1, 0.15) is 12.8 Å². The lowest BCUT2D eigenvalue weighted by molar-refractivity contribution is -0.135. The molecule has 3 N–H and O–H groups in total. The molecule has 0 aliphatic carbocycles. The Kier molecular flexibility index (Phi) is 6.27. The Morgan fingerprint density at radius 3 is 2.96 bits per heavy atom. The molecular weight excluding hydrogens is 337 g/mol. The number of methoxy groups -OCH3 is 1. The summed E-state index contributed by atoms with van der Waals surface area (Å²) in [6.07, 6.45) is 1.25. The SMILES string of the molecule is COCC(N)C(=O)N1CCCC(NS(=O)(=O)c2cccc(F)c2)C1. The summed E-state index contributed by atoms with van der Waals surface area (Å²) < 4.78 is 45.3. The second kappa shape index (κ2) is 8.02. The number of carbonyl (C=O) groups excluding carboxylic acids is 1. The van der Waals surface area contributed by atoms with Gasteiger partial charge in [-0.1, -0.05) is 6.07 Å². The van der Waals surface area contributed by atoms with E-state index in [0.717, 1.165) is 6.07 Å². The van der Waals surface area contributed by atoms with E-state index >= 15 is 0 Å². The first-order valence-electron chi connectivity index (χ1n) is 7.64. The smallest absolute Gasteiger partial charge is 0.241 e. The summed E-state index contributed by atoms with van der Waals surface area (Å²) in [7, 11) is -2.39. The third kappa shape index (κ3) is 4.73. The molecular formula is C15H22FN3O4S. The van der Waals surface area contributed by atoms with E-state index in [1.165, 1.54) is 30.2 Å². The van der Waals surface area contributed by atoms with Gasteiger partial charge in [0.15, 0.2) is 0 Å². The van der Waals surface area contributed by atoms with Crippen LogP contribution in [0, 0.1) is 5.82 Å². The summed E-state index contributed by atoms with van der Waals surface area (Å²) in [5.41, 5.74) is 5.74. The molecule has 7 nitrogen and oxygen atoms in total. The maximum Gasteiger partial charge on any atom is 0.241 e. The lowest BCUT2D eigenvalue weighted by Crippen LogP contribution is -2.54. The molecule has 1 aliphatic rings. The lowest BCUT2D eigenvalue weighted by atomic mass is 10.1. The van der Waals surface area contributed by atoms with Crippen molar-refractivity contribution in [3.05, 3.63) is 30.1 Å². The number of ether oxygens (including phenoxy) is 1. The summed E-state index contributed by atoms with van der Waals surface area (Å²) in [5, 5.41) is 0. The maximum absolute atomic E-state index is 13.2. The van der Waals surface area contributed by atoms with Crippen LogP contribution in [0.5, 0.6) is 0 Å². The van der Waals surface area contributed by atoms with Gasteiger partial charge in [0.25, 0.3) is 0 Å². The minimum atomic E-state index is -3.85. The number of likely N-dealkylation sites (tertiary alicyclic amines) is 1. The fourth-order valence-electron chi connectivity index (χ4n) is 2.68. The van der Waals surface area contributed by atoms with Crippen LogP contribution in [0.3, 0.4) is 0 Å². The summed E-state index contributed by atoms with van der Waals surface area (Å²) in [6, 6.07) is 3.59. The average Bonchev–Trinajstić information content (AvgIpc) is 2.54. The van der Waals surface area contributed by atoms with Crippen LogP contribution in [-0.2, 0) is 19.6 Å². The Morgan fingerprint density at radius 1 is 1.54 bits per heavy atom. The fraction of sp³-hybridized carbons (Fsp3) is 0.533. The summed E-state index contributed by atoms with van der Waals surface area (Å²) >= 11 is 0. The Bertz CT molecular complexity index is 683. The number of nitrogens with one attached hydrogen (secondary N) is 1. The van der Waals surface area contributed by atoms with Gasteiger partial charge in [-0.2, -0.15) is 0 Å². The van der Waals surface area contributed by atoms with Crippen LogP contribution in [0.15, 0.2) is 29.2 Å². The molecule has 1 fully saturated rings. The van der Waals surface area contributed by atoms with Gasteiger partial charge in [0.2, 0.25) is 15.9 Å². The quantitative estimate of drug-likeness (QED) is 0.748. The van der Waals surface area contributed by atoms with Crippen molar-refractivity contribution >= 4 is 15.9 Å². The molecule has 1 heterocycles. The second-order valence-electron chi connectivity index (χ2n) is 5.76. The molecule has 0 spiro atoms. The van der Waals surface area contributed by atoms with Crippen molar-refractivity contribution in [1.82, 2.24) is 9.62 Å². The van der Waals surface area contributed by atoms with E-state index in [4.69, 9.17) is 10.5 Å². The number of sulfonamides is 1. The highest BCUT2D eigenvalue weighted by Gasteiger charge is 2.29. The second-order valence-corrected chi connectivity index (χ2v) is 7.48. The first kappa shape index (κ1) is 18.8. The Morgan fingerprint density at radius 2 is 2.29 bits per heavy atom. The highest BCUT2D eigenvalue weighted by molar-refractivity contribution is 7.89. The average molecular weight is 359 g/mol. The zero-order chi connectivity index (χ0) is 17.7. The van der Waals surface area contributed by atoms with Gasteiger partial charge in [0.05, 0.1) is 11.5 Å².